The summed E-state index contributed by atoms with van der Waals surface area (Å²) in [7, 11) is 1.86. The molecule has 1 aromatic carbocycles. The van der Waals surface area contributed by atoms with E-state index in [0.717, 1.165) is 66.4 Å². The number of aliphatic hydroxyl groups is 1. The number of benzene rings is 1. The standard InChI is InChI=1S/C29H35F3N4O3/c1-35-16-23-22(3-2-4-25(23)34-35)26(37)15-19-5-7-21(8-6-19)27(38)17-36-13-11-20-9-10-28(33-24(20)12-14-36)39-18-29(30,31)32/h2-4,9-10,16,19,21,27,38H,5-8,11-15,17-18H2,1H3. The number of nitrogens with zero attached hydrogens (tertiary/aromatic N) is 4. The second kappa shape index (κ2) is 11.6. The van der Waals surface area contributed by atoms with E-state index in [1.807, 2.05) is 31.4 Å². The van der Waals surface area contributed by atoms with Crippen molar-refractivity contribution in [2.45, 2.75) is 57.2 Å². The zero-order chi connectivity index (χ0) is 27.6. The Bertz CT molecular complexity index is 1300. The third kappa shape index (κ3) is 6.97. The number of carbonyl (C=O) groups is 1. The van der Waals surface area contributed by atoms with Crippen molar-refractivity contribution >= 4 is 16.7 Å². The van der Waals surface area contributed by atoms with Gasteiger partial charge in [-0.25, -0.2) is 4.98 Å². The SMILES string of the molecule is Cn1cc2c(C(=O)CC3CCC(C(O)CN4CCc5ccc(OCC(F)(F)F)nc5CC4)CC3)cccc2n1. The van der Waals surface area contributed by atoms with Crippen molar-refractivity contribution in [3.63, 3.8) is 0 Å². The second-order valence-corrected chi connectivity index (χ2v) is 11.0. The average Bonchev–Trinajstić information content (AvgIpc) is 3.18. The van der Waals surface area contributed by atoms with Crippen molar-refractivity contribution in [3.8, 4) is 5.88 Å². The summed E-state index contributed by atoms with van der Waals surface area (Å²) in [5, 5.41) is 16.3. The van der Waals surface area contributed by atoms with Crippen LogP contribution in [0, 0.1) is 11.8 Å². The van der Waals surface area contributed by atoms with Crippen LogP contribution >= 0.6 is 0 Å². The van der Waals surface area contributed by atoms with Crippen LogP contribution in [0.15, 0.2) is 36.5 Å². The number of ketones is 1. The number of hydrogen-bond donors (Lipinski definition) is 1. The third-order valence-corrected chi connectivity index (χ3v) is 8.11. The second-order valence-electron chi connectivity index (χ2n) is 11.0. The maximum atomic E-state index is 13.1. The number of ether oxygens (including phenoxy) is 1. The molecule has 1 unspecified atom stereocenters. The average molecular weight is 545 g/mol. The number of fused-ring (bicyclic) bond motifs is 2. The van der Waals surface area contributed by atoms with Crippen molar-refractivity contribution in [3.05, 3.63) is 53.3 Å². The van der Waals surface area contributed by atoms with Gasteiger partial charge in [-0.1, -0.05) is 18.2 Å². The van der Waals surface area contributed by atoms with Crippen LogP contribution in [0.4, 0.5) is 13.2 Å². The van der Waals surface area contributed by atoms with Gasteiger partial charge >= 0.3 is 6.18 Å². The third-order valence-electron chi connectivity index (χ3n) is 8.11. The molecule has 1 atom stereocenters. The number of aliphatic hydroxyl groups excluding tert-OH is 1. The van der Waals surface area contributed by atoms with Gasteiger partial charge in [0.2, 0.25) is 5.88 Å². The molecular weight excluding hydrogens is 509 g/mol. The van der Waals surface area contributed by atoms with Crippen molar-refractivity contribution < 1.29 is 27.8 Å². The van der Waals surface area contributed by atoms with Crippen molar-refractivity contribution in [2.75, 3.05) is 26.2 Å². The highest BCUT2D eigenvalue weighted by Gasteiger charge is 2.31. The molecule has 210 valence electrons. The molecule has 3 aromatic rings. The van der Waals surface area contributed by atoms with Crippen LogP contribution in [0.25, 0.3) is 10.9 Å². The zero-order valence-electron chi connectivity index (χ0n) is 22.2. The van der Waals surface area contributed by atoms with E-state index in [9.17, 15) is 23.1 Å². The number of hydrogen-bond acceptors (Lipinski definition) is 6. The Labute approximate surface area is 226 Å². The van der Waals surface area contributed by atoms with Crippen LogP contribution in [-0.4, -0.2) is 69.1 Å². The molecule has 1 saturated carbocycles. The fourth-order valence-corrected chi connectivity index (χ4v) is 5.99. The number of carbonyl (C=O) groups excluding carboxylic acids is 1. The summed E-state index contributed by atoms with van der Waals surface area (Å²) in [4.78, 5) is 19.6. The smallest absolute Gasteiger partial charge is 0.422 e. The van der Waals surface area contributed by atoms with E-state index in [4.69, 9.17) is 4.74 Å². The molecule has 7 nitrogen and oxygen atoms in total. The van der Waals surface area contributed by atoms with E-state index in [1.54, 1.807) is 10.7 Å². The lowest BCUT2D eigenvalue weighted by Gasteiger charge is -2.33. The van der Waals surface area contributed by atoms with E-state index < -0.39 is 18.9 Å². The lowest BCUT2D eigenvalue weighted by atomic mass is 9.77. The maximum Gasteiger partial charge on any atom is 0.422 e. The molecule has 1 N–H and O–H groups in total. The minimum atomic E-state index is -4.40. The Hall–Kier alpha value is -2.98. The van der Waals surface area contributed by atoms with Gasteiger partial charge in [-0.3, -0.25) is 9.48 Å². The summed E-state index contributed by atoms with van der Waals surface area (Å²) in [5.41, 5.74) is 3.34. The van der Waals surface area contributed by atoms with Crippen LogP contribution in [0.3, 0.4) is 0 Å². The Balaban J connectivity index is 1.09. The lowest BCUT2D eigenvalue weighted by molar-refractivity contribution is -0.154. The molecule has 0 spiro atoms. The van der Waals surface area contributed by atoms with Gasteiger partial charge in [0.15, 0.2) is 12.4 Å². The predicted molar refractivity (Wildman–Crippen MR) is 141 cm³/mol. The van der Waals surface area contributed by atoms with E-state index in [-0.39, 0.29) is 17.6 Å². The van der Waals surface area contributed by atoms with E-state index in [1.165, 1.54) is 6.07 Å². The van der Waals surface area contributed by atoms with Gasteiger partial charge < -0.3 is 14.7 Å². The summed E-state index contributed by atoms with van der Waals surface area (Å²) in [5.74, 6) is 0.666. The molecule has 0 saturated heterocycles. The molecule has 1 aliphatic carbocycles. The summed E-state index contributed by atoms with van der Waals surface area (Å²) in [6, 6.07) is 8.98. The van der Waals surface area contributed by atoms with Crippen LogP contribution in [0.1, 0.15) is 53.7 Å². The van der Waals surface area contributed by atoms with Crippen molar-refractivity contribution in [2.24, 2.45) is 18.9 Å². The van der Waals surface area contributed by atoms with E-state index in [2.05, 4.69) is 15.0 Å². The summed E-state index contributed by atoms with van der Waals surface area (Å²) < 4.78 is 44.0. The Kier molecular flexibility index (Phi) is 8.23. The van der Waals surface area contributed by atoms with Gasteiger partial charge in [0.1, 0.15) is 0 Å². The van der Waals surface area contributed by atoms with E-state index in [0.29, 0.717) is 31.8 Å². The first-order chi connectivity index (χ1) is 18.6. The zero-order valence-corrected chi connectivity index (χ0v) is 22.2. The number of β-amino-alcohol motifs (C(OH)–C–C–N with tert-alkyl or cyclic N) is 1. The number of aryl methyl sites for hydroxylation is 1. The van der Waals surface area contributed by atoms with Gasteiger partial charge in [-0.15, -0.1) is 0 Å². The van der Waals surface area contributed by atoms with Gasteiger partial charge in [-0.05, 0) is 55.6 Å². The van der Waals surface area contributed by atoms with Crippen molar-refractivity contribution in [1.29, 1.82) is 0 Å². The van der Waals surface area contributed by atoms with Crippen molar-refractivity contribution in [1.82, 2.24) is 19.7 Å². The van der Waals surface area contributed by atoms with Gasteiger partial charge in [0.05, 0.1) is 11.6 Å². The van der Waals surface area contributed by atoms with Crippen LogP contribution < -0.4 is 4.74 Å². The largest absolute Gasteiger partial charge is 0.468 e. The van der Waals surface area contributed by atoms with Crippen LogP contribution in [0.2, 0.25) is 0 Å². The fourth-order valence-electron chi connectivity index (χ4n) is 5.99. The fraction of sp³-hybridized carbons (Fsp3) is 0.552. The molecule has 10 heteroatoms. The summed E-state index contributed by atoms with van der Waals surface area (Å²) in [6.45, 7) is 0.651. The number of rotatable bonds is 8. The molecule has 0 radical (unpaired) electrons. The molecule has 5 rings (SSSR count). The number of halogens is 3. The first-order valence-corrected chi connectivity index (χ1v) is 13.7. The predicted octanol–water partition coefficient (Wildman–Crippen LogP) is 4.75. The Morgan fingerprint density at radius 2 is 1.90 bits per heavy atom. The molecule has 3 heterocycles. The summed E-state index contributed by atoms with van der Waals surface area (Å²) in [6.07, 6.45) is 2.53. The number of alkyl halides is 3. The normalized spacial score (nSPS) is 21.4. The van der Waals surface area contributed by atoms with Crippen LogP contribution in [-0.2, 0) is 19.9 Å². The quantitative estimate of drug-likeness (QED) is 0.413. The molecule has 1 aliphatic heterocycles. The highest BCUT2D eigenvalue weighted by molar-refractivity contribution is 6.07. The van der Waals surface area contributed by atoms with Gasteiger partial charge in [0, 0.05) is 68.4 Å². The van der Waals surface area contributed by atoms with Crippen LogP contribution in [0.5, 0.6) is 5.88 Å². The molecule has 0 bridgehead atoms. The Morgan fingerprint density at radius 3 is 2.67 bits per heavy atom. The molecule has 2 aliphatic rings. The molecule has 0 amide bonds. The first kappa shape index (κ1) is 27.6. The highest BCUT2D eigenvalue weighted by atomic mass is 19.4. The monoisotopic (exact) mass is 544 g/mol. The van der Waals surface area contributed by atoms with Gasteiger partial charge in [-0.2, -0.15) is 18.3 Å². The molecule has 39 heavy (non-hydrogen) atoms. The number of Topliss-reactive ketones (excluding diaryl/α,β-unsaturated/α-hetero) is 1. The number of aromatic nitrogens is 3. The summed E-state index contributed by atoms with van der Waals surface area (Å²) >= 11 is 0. The maximum absolute atomic E-state index is 13.1. The lowest BCUT2D eigenvalue weighted by Crippen LogP contribution is -2.39. The first-order valence-electron chi connectivity index (χ1n) is 13.7. The minimum absolute atomic E-state index is 0.00748. The number of pyridine rings is 1. The van der Waals surface area contributed by atoms with E-state index >= 15 is 0 Å². The molecular formula is C29H35F3N4O3. The molecule has 1 fully saturated rings. The topological polar surface area (TPSA) is 80.5 Å². The minimum Gasteiger partial charge on any atom is -0.468 e. The van der Waals surface area contributed by atoms with Gasteiger partial charge in [0.25, 0.3) is 0 Å². The Morgan fingerprint density at radius 1 is 1.13 bits per heavy atom. The molecule has 2 aromatic heterocycles. The highest BCUT2D eigenvalue weighted by Crippen LogP contribution is 2.34.